The normalized spacial score (nSPS) is 15.8. The van der Waals surface area contributed by atoms with Crippen molar-refractivity contribution in [3.8, 4) is 0 Å². The van der Waals surface area contributed by atoms with Crippen LogP contribution in [-0.4, -0.2) is 76.9 Å². The Bertz CT molecular complexity index is 361. The van der Waals surface area contributed by atoms with Crippen molar-refractivity contribution < 1.29 is 14.3 Å². The Morgan fingerprint density at radius 3 is 2.54 bits per heavy atom. The van der Waals surface area contributed by atoms with Gasteiger partial charge in [-0.25, -0.2) is 0 Å². The first-order valence-corrected chi connectivity index (χ1v) is 8.51. The van der Waals surface area contributed by atoms with Crippen molar-refractivity contribution in [3.05, 3.63) is 0 Å². The molecule has 142 valence electrons. The zero-order valence-electron chi connectivity index (χ0n) is 15.2. The number of guanidine groups is 1. The van der Waals surface area contributed by atoms with Gasteiger partial charge in [-0.1, -0.05) is 0 Å². The van der Waals surface area contributed by atoms with Crippen molar-refractivity contribution in [2.24, 2.45) is 10.9 Å². The molecule has 0 aromatic heterocycles. The maximum Gasteiger partial charge on any atom is 0.220 e. The maximum absolute atomic E-state index is 11.5. The highest BCUT2D eigenvalue weighted by Gasteiger charge is 2.22. The molecule has 7 nitrogen and oxygen atoms in total. The largest absolute Gasteiger partial charge is 0.382 e. The first kappa shape index (κ1) is 23.4. The summed E-state index contributed by atoms with van der Waals surface area (Å²) < 4.78 is 10.4. The smallest absolute Gasteiger partial charge is 0.220 e. The van der Waals surface area contributed by atoms with E-state index in [0.717, 1.165) is 38.4 Å². The maximum atomic E-state index is 11.5. The lowest BCUT2D eigenvalue weighted by Crippen LogP contribution is -2.46. The van der Waals surface area contributed by atoms with Crippen LogP contribution in [-0.2, 0) is 14.3 Å². The van der Waals surface area contributed by atoms with Gasteiger partial charge >= 0.3 is 0 Å². The molecule has 1 aliphatic rings. The van der Waals surface area contributed by atoms with E-state index in [-0.39, 0.29) is 29.9 Å². The molecule has 0 saturated carbocycles. The average molecular weight is 456 g/mol. The number of piperidine rings is 1. The molecule has 0 aromatic rings. The van der Waals surface area contributed by atoms with Gasteiger partial charge < -0.3 is 25.0 Å². The molecule has 1 amide bonds. The molecule has 0 atom stereocenters. The lowest BCUT2D eigenvalue weighted by atomic mass is 9.93. The van der Waals surface area contributed by atoms with E-state index in [2.05, 4.69) is 27.4 Å². The Kier molecular flexibility index (Phi) is 14.3. The van der Waals surface area contributed by atoms with Gasteiger partial charge in [-0.3, -0.25) is 9.79 Å². The third kappa shape index (κ3) is 9.63. The van der Waals surface area contributed by atoms with Crippen molar-refractivity contribution in [3.63, 3.8) is 0 Å². The zero-order chi connectivity index (χ0) is 16.9. The van der Waals surface area contributed by atoms with Gasteiger partial charge in [0.05, 0.1) is 26.4 Å². The van der Waals surface area contributed by atoms with Gasteiger partial charge in [0.25, 0.3) is 0 Å². The molecule has 1 heterocycles. The predicted octanol–water partition coefficient (Wildman–Crippen LogP) is 1.08. The number of amides is 1. The fourth-order valence-electron chi connectivity index (χ4n) is 2.60. The molecule has 0 aliphatic carbocycles. The number of nitrogens with one attached hydrogen (secondary N) is 2. The van der Waals surface area contributed by atoms with Gasteiger partial charge in [0, 0.05) is 40.2 Å². The minimum absolute atomic E-state index is 0. The van der Waals surface area contributed by atoms with Gasteiger partial charge in [-0.2, -0.15) is 0 Å². The van der Waals surface area contributed by atoms with E-state index in [0.29, 0.717) is 38.7 Å². The topological polar surface area (TPSA) is 75.2 Å². The minimum Gasteiger partial charge on any atom is -0.382 e. The highest BCUT2D eigenvalue weighted by Crippen LogP contribution is 2.20. The average Bonchev–Trinajstić information content (AvgIpc) is 2.57. The molecule has 0 bridgehead atoms. The Balaban J connectivity index is 0.00000529. The van der Waals surface area contributed by atoms with Gasteiger partial charge in [0.15, 0.2) is 5.96 Å². The highest BCUT2D eigenvalue weighted by molar-refractivity contribution is 14.0. The Hall–Kier alpha value is -0.610. The first-order valence-electron chi connectivity index (χ1n) is 8.51. The van der Waals surface area contributed by atoms with Crippen molar-refractivity contribution in [2.75, 3.05) is 60.2 Å². The number of methoxy groups -OCH3 is 1. The number of ether oxygens (including phenoxy) is 2. The Morgan fingerprint density at radius 2 is 1.96 bits per heavy atom. The van der Waals surface area contributed by atoms with Gasteiger partial charge in [-0.15, -0.1) is 24.0 Å². The zero-order valence-corrected chi connectivity index (χ0v) is 17.5. The molecule has 1 rings (SSSR count). The van der Waals surface area contributed by atoms with Crippen molar-refractivity contribution in [2.45, 2.75) is 26.2 Å². The van der Waals surface area contributed by atoms with Gasteiger partial charge in [0.2, 0.25) is 5.91 Å². The quantitative estimate of drug-likeness (QED) is 0.235. The second kappa shape index (κ2) is 14.7. The number of carbonyl (C=O) groups is 1. The van der Waals surface area contributed by atoms with Crippen LogP contribution in [0.5, 0.6) is 0 Å². The standard InChI is InChI=1S/C16H32N4O3.HI/c1-4-18-16(19-7-10-23-12-11-22-3)20-8-5-14(6-9-20)13-15(21)17-2;/h14H,4-13H2,1-3H3,(H,17,21)(H,18,19);1H. The second-order valence-corrected chi connectivity index (χ2v) is 5.65. The molecule has 8 heteroatoms. The van der Waals surface area contributed by atoms with Crippen LogP contribution in [0.3, 0.4) is 0 Å². The number of hydrogen-bond donors (Lipinski definition) is 2. The fourth-order valence-corrected chi connectivity index (χ4v) is 2.60. The minimum atomic E-state index is 0. The summed E-state index contributed by atoms with van der Waals surface area (Å²) in [7, 11) is 3.36. The lowest BCUT2D eigenvalue weighted by molar-refractivity contribution is -0.121. The molecule has 0 spiro atoms. The van der Waals surface area contributed by atoms with E-state index in [1.165, 1.54) is 0 Å². The van der Waals surface area contributed by atoms with Crippen LogP contribution in [0.1, 0.15) is 26.2 Å². The molecule has 1 fully saturated rings. The summed E-state index contributed by atoms with van der Waals surface area (Å²) in [6.07, 6.45) is 2.69. The number of carbonyl (C=O) groups excluding carboxylic acids is 1. The fraction of sp³-hybridized carbons (Fsp3) is 0.875. The summed E-state index contributed by atoms with van der Waals surface area (Å²) in [5.74, 6) is 1.56. The van der Waals surface area contributed by atoms with Crippen LogP contribution in [0.4, 0.5) is 0 Å². The summed E-state index contributed by atoms with van der Waals surface area (Å²) in [4.78, 5) is 18.4. The molecular formula is C16H33IN4O3. The van der Waals surface area contributed by atoms with Gasteiger partial charge in [-0.05, 0) is 25.7 Å². The Morgan fingerprint density at radius 1 is 1.25 bits per heavy atom. The molecule has 1 saturated heterocycles. The van der Waals surface area contributed by atoms with Crippen LogP contribution in [0.25, 0.3) is 0 Å². The highest BCUT2D eigenvalue weighted by atomic mass is 127. The summed E-state index contributed by atoms with van der Waals surface area (Å²) in [5, 5.41) is 6.04. The first-order chi connectivity index (χ1) is 11.2. The van der Waals surface area contributed by atoms with Crippen molar-refractivity contribution >= 4 is 35.8 Å². The third-order valence-electron chi connectivity index (χ3n) is 3.93. The van der Waals surface area contributed by atoms with Crippen LogP contribution >= 0.6 is 24.0 Å². The van der Waals surface area contributed by atoms with E-state index in [1.54, 1.807) is 14.2 Å². The monoisotopic (exact) mass is 456 g/mol. The molecular weight excluding hydrogens is 423 g/mol. The van der Waals surface area contributed by atoms with E-state index in [1.807, 2.05) is 0 Å². The van der Waals surface area contributed by atoms with E-state index < -0.39 is 0 Å². The summed E-state index contributed by atoms with van der Waals surface area (Å²) in [5.41, 5.74) is 0. The number of halogens is 1. The summed E-state index contributed by atoms with van der Waals surface area (Å²) >= 11 is 0. The molecule has 2 N–H and O–H groups in total. The number of hydrogen-bond acceptors (Lipinski definition) is 4. The van der Waals surface area contributed by atoms with Gasteiger partial charge in [0.1, 0.15) is 0 Å². The number of rotatable bonds is 9. The third-order valence-corrected chi connectivity index (χ3v) is 3.93. The van der Waals surface area contributed by atoms with Crippen LogP contribution in [0.2, 0.25) is 0 Å². The second-order valence-electron chi connectivity index (χ2n) is 5.65. The molecule has 0 unspecified atom stereocenters. The number of aliphatic imine (C=N–C) groups is 1. The van der Waals surface area contributed by atoms with Crippen LogP contribution in [0, 0.1) is 5.92 Å². The van der Waals surface area contributed by atoms with Crippen LogP contribution in [0.15, 0.2) is 4.99 Å². The van der Waals surface area contributed by atoms with Crippen molar-refractivity contribution in [1.29, 1.82) is 0 Å². The number of likely N-dealkylation sites (tertiary alicyclic amines) is 1. The van der Waals surface area contributed by atoms with E-state index >= 15 is 0 Å². The molecule has 24 heavy (non-hydrogen) atoms. The predicted molar refractivity (Wildman–Crippen MR) is 107 cm³/mol. The van der Waals surface area contributed by atoms with Crippen LogP contribution < -0.4 is 10.6 Å². The number of nitrogens with zero attached hydrogens (tertiary/aromatic N) is 2. The Labute approximate surface area is 162 Å². The summed E-state index contributed by atoms with van der Waals surface area (Å²) in [6.45, 7) is 7.27. The molecule has 1 aliphatic heterocycles. The summed E-state index contributed by atoms with van der Waals surface area (Å²) in [6, 6.07) is 0. The van der Waals surface area contributed by atoms with E-state index in [4.69, 9.17) is 9.47 Å². The van der Waals surface area contributed by atoms with Crippen molar-refractivity contribution in [1.82, 2.24) is 15.5 Å². The molecule has 0 aromatic carbocycles. The SMILES string of the molecule is CCNC(=NCCOCCOC)N1CCC(CC(=O)NC)CC1.I. The lowest BCUT2D eigenvalue weighted by Gasteiger charge is -2.34. The van der Waals surface area contributed by atoms with E-state index in [9.17, 15) is 4.79 Å². The molecule has 0 radical (unpaired) electrons.